The minimum absolute atomic E-state index is 0.537. The van der Waals surface area contributed by atoms with Gasteiger partial charge in [0.2, 0.25) is 0 Å². The van der Waals surface area contributed by atoms with E-state index in [1.54, 1.807) is 0 Å². The lowest BCUT2D eigenvalue weighted by Crippen LogP contribution is -2.53. The van der Waals surface area contributed by atoms with E-state index in [-0.39, 0.29) is 0 Å². The topological polar surface area (TPSA) is 20.2 Å². The van der Waals surface area contributed by atoms with Crippen molar-refractivity contribution in [3.63, 3.8) is 0 Å². The molecule has 8 atom stereocenters. The smallest absolute Gasteiger partial charge is 0.107 e. The lowest BCUT2D eigenvalue weighted by molar-refractivity contribution is -0.114. The normalized spacial score (nSPS) is 50.0. The van der Waals surface area contributed by atoms with Crippen LogP contribution in [-0.4, -0.2) is 5.11 Å². The van der Waals surface area contributed by atoms with Crippen molar-refractivity contribution in [3.05, 3.63) is 0 Å². The van der Waals surface area contributed by atoms with Gasteiger partial charge in [-0.25, -0.2) is 0 Å². The van der Waals surface area contributed by atoms with Crippen LogP contribution < -0.4 is 0 Å². The fourth-order valence-corrected chi connectivity index (χ4v) is 8.62. The zero-order valence-electron chi connectivity index (χ0n) is 16.7. The van der Waals surface area contributed by atoms with Crippen LogP contribution in [0, 0.1) is 58.4 Å². The SMILES string of the molecule is C[C@H](CC#CO)[C@H]1CC[C@H]2[C@@H]3CCC4CCCC[C@]4(C)[C@H]3CC[C@]12C. The first-order chi connectivity index (χ1) is 12.0. The van der Waals surface area contributed by atoms with Gasteiger partial charge in [-0.15, -0.1) is 0 Å². The molecule has 0 aromatic rings. The predicted octanol–water partition coefficient (Wildman–Crippen LogP) is 6.40. The average Bonchev–Trinajstić information content (AvgIpc) is 2.96. The van der Waals surface area contributed by atoms with Crippen LogP contribution in [0.3, 0.4) is 0 Å². The summed E-state index contributed by atoms with van der Waals surface area (Å²) >= 11 is 0. The number of hydrogen-bond donors (Lipinski definition) is 1. The fourth-order valence-electron chi connectivity index (χ4n) is 8.62. The molecule has 1 unspecified atom stereocenters. The third-order valence-electron chi connectivity index (χ3n) is 9.85. The van der Waals surface area contributed by atoms with E-state index < -0.39 is 0 Å². The quantitative estimate of drug-likeness (QED) is 0.576. The van der Waals surface area contributed by atoms with Gasteiger partial charge in [0, 0.05) is 6.42 Å². The van der Waals surface area contributed by atoms with Crippen LogP contribution in [0.1, 0.15) is 91.4 Å². The molecule has 0 amide bonds. The molecule has 0 aromatic carbocycles. The van der Waals surface area contributed by atoms with Gasteiger partial charge in [0.1, 0.15) is 6.11 Å². The standard InChI is InChI=1S/C24H38O/c1-17(7-6-16-25)20-11-12-21-19-10-9-18-8-4-5-14-23(18,2)22(19)13-15-24(20,21)3/h17-22,25H,4-5,7-15H2,1-3H3/t17-,18?,19+,20-,21+,22+,23+,24-/m1/s1. The van der Waals surface area contributed by atoms with Crippen molar-refractivity contribution in [3.8, 4) is 12.0 Å². The molecule has 1 nitrogen and oxygen atoms in total. The van der Waals surface area contributed by atoms with Crippen molar-refractivity contribution in [1.29, 1.82) is 0 Å². The molecule has 4 fully saturated rings. The number of aliphatic hydroxyl groups excluding tert-OH is 1. The molecule has 0 heterocycles. The molecular formula is C24H38O. The van der Waals surface area contributed by atoms with Crippen molar-refractivity contribution in [1.82, 2.24) is 0 Å². The Bertz CT molecular complexity index is 556. The molecule has 25 heavy (non-hydrogen) atoms. The molecule has 0 aromatic heterocycles. The summed E-state index contributed by atoms with van der Waals surface area (Å²) in [5, 5.41) is 8.89. The zero-order valence-corrected chi connectivity index (χ0v) is 16.7. The largest absolute Gasteiger partial charge is 0.462 e. The molecule has 4 rings (SSSR count). The summed E-state index contributed by atoms with van der Waals surface area (Å²) in [7, 11) is 0. The Morgan fingerprint density at radius 1 is 0.920 bits per heavy atom. The number of hydrogen-bond acceptors (Lipinski definition) is 1. The van der Waals surface area contributed by atoms with E-state index in [1.807, 2.05) is 0 Å². The molecule has 0 saturated heterocycles. The highest BCUT2D eigenvalue weighted by atomic mass is 16.2. The van der Waals surface area contributed by atoms with Gasteiger partial charge in [0.05, 0.1) is 0 Å². The highest BCUT2D eigenvalue weighted by molar-refractivity contribution is 5.10. The molecule has 1 N–H and O–H groups in total. The highest BCUT2D eigenvalue weighted by Crippen LogP contribution is 2.68. The Hall–Kier alpha value is -0.640. The lowest BCUT2D eigenvalue weighted by atomic mass is 9.44. The van der Waals surface area contributed by atoms with Gasteiger partial charge in [-0.1, -0.05) is 39.5 Å². The zero-order chi connectivity index (χ0) is 17.7. The van der Waals surface area contributed by atoms with Crippen molar-refractivity contribution in [2.45, 2.75) is 91.4 Å². The van der Waals surface area contributed by atoms with Crippen LogP contribution in [-0.2, 0) is 0 Å². The highest BCUT2D eigenvalue weighted by Gasteiger charge is 2.59. The van der Waals surface area contributed by atoms with Crippen molar-refractivity contribution in [2.24, 2.45) is 46.3 Å². The van der Waals surface area contributed by atoms with Crippen LogP contribution in [0.4, 0.5) is 0 Å². The van der Waals surface area contributed by atoms with E-state index in [0.717, 1.165) is 36.0 Å². The minimum atomic E-state index is 0.537. The second-order valence-electron chi connectivity index (χ2n) is 10.6. The Morgan fingerprint density at radius 3 is 2.52 bits per heavy atom. The summed E-state index contributed by atoms with van der Waals surface area (Å²) in [6.07, 6.45) is 17.8. The Kier molecular flexibility index (Phi) is 4.62. The summed E-state index contributed by atoms with van der Waals surface area (Å²) < 4.78 is 0. The molecule has 140 valence electrons. The van der Waals surface area contributed by atoms with Gasteiger partial charge < -0.3 is 5.11 Å². The van der Waals surface area contributed by atoms with Gasteiger partial charge in [0.25, 0.3) is 0 Å². The van der Waals surface area contributed by atoms with E-state index in [9.17, 15) is 0 Å². The van der Waals surface area contributed by atoms with Gasteiger partial charge in [-0.2, -0.15) is 0 Å². The summed E-state index contributed by atoms with van der Waals surface area (Å²) in [5.74, 6) is 8.39. The minimum Gasteiger partial charge on any atom is -0.462 e. The van der Waals surface area contributed by atoms with Crippen molar-refractivity contribution < 1.29 is 5.11 Å². The number of fused-ring (bicyclic) bond motifs is 5. The van der Waals surface area contributed by atoms with Crippen LogP contribution in [0.5, 0.6) is 0 Å². The maximum Gasteiger partial charge on any atom is 0.107 e. The van der Waals surface area contributed by atoms with E-state index >= 15 is 0 Å². The van der Waals surface area contributed by atoms with E-state index in [0.29, 0.717) is 16.7 Å². The van der Waals surface area contributed by atoms with Crippen LogP contribution in [0.15, 0.2) is 0 Å². The Labute approximate surface area is 155 Å². The molecule has 0 aliphatic heterocycles. The van der Waals surface area contributed by atoms with Crippen molar-refractivity contribution >= 4 is 0 Å². The molecule has 0 radical (unpaired) electrons. The van der Waals surface area contributed by atoms with E-state index in [2.05, 4.69) is 32.8 Å². The number of aliphatic hydroxyl groups is 1. The monoisotopic (exact) mass is 342 g/mol. The lowest BCUT2D eigenvalue weighted by Gasteiger charge is -2.60. The second-order valence-corrected chi connectivity index (χ2v) is 10.6. The van der Waals surface area contributed by atoms with Crippen LogP contribution in [0.25, 0.3) is 0 Å². The Balaban J connectivity index is 1.56. The van der Waals surface area contributed by atoms with Gasteiger partial charge >= 0.3 is 0 Å². The molecule has 4 aliphatic carbocycles. The maximum absolute atomic E-state index is 8.89. The predicted molar refractivity (Wildman–Crippen MR) is 103 cm³/mol. The molecule has 0 bridgehead atoms. The first-order valence-corrected chi connectivity index (χ1v) is 11.1. The summed E-state index contributed by atoms with van der Waals surface area (Å²) in [6.45, 7) is 7.69. The third kappa shape index (κ3) is 2.65. The first-order valence-electron chi connectivity index (χ1n) is 11.1. The summed E-state index contributed by atoms with van der Waals surface area (Å²) in [5.41, 5.74) is 1.20. The van der Waals surface area contributed by atoms with E-state index in [1.165, 1.54) is 64.2 Å². The third-order valence-corrected chi connectivity index (χ3v) is 9.85. The fraction of sp³-hybridized carbons (Fsp3) is 0.917. The van der Waals surface area contributed by atoms with Crippen LogP contribution in [0.2, 0.25) is 0 Å². The van der Waals surface area contributed by atoms with Gasteiger partial charge in [-0.05, 0) is 97.7 Å². The summed E-state index contributed by atoms with van der Waals surface area (Å²) in [6, 6.07) is 0. The first kappa shape index (κ1) is 17.8. The van der Waals surface area contributed by atoms with E-state index in [4.69, 9.17) is 5.11 Å². The molecular weight excluding hydrogens is 304 g/mol. The molecule has 0 spiro atoms. The Morgan fingerprint density at radius 2 is 1.72 bits per heavy atom. The molecule has 4 aliphatic rings. The summed E-state index contributed by atoms with van der Waals surface area (Å²) in [4.78, 5) is 0. The number of rotatable bonds is 2. The molecule has 1 heteroatoms. The second kappa shape index (κ2) is 6.51. The maximum atomic E-state index is 8.89. The molecule has 4 saturated carbocycles. The van der Waals surface area contributed by atoms with Gasteiger partial charge in [0.15, 0.2) is 0 Å². The van der Waals surface area contributed by atoms with Crippen LogP contribution >= 0.6 is 0 Å². The van der Waals surface area contributed by atoms with Gasteiger partial charge in [-0.3, -0.25) is 0 Å². The van der Waals surface area contributed by atoms with Crippen molar-refractivity contribution in [2.75, 3.05) is 0 Å². The average molecular weight is 343 g/mol.